The molecule has 0 fully saturated rings. The van der Waals surface area contributed by atoms with Crippen LogP contribution >= 0.6 is 22.6 Å². The minimum Gasteiger partial charge on any atom is -0.444 e. The molecule has 222 valence electrons. The zero-order valence-electron chi connectivity index (χ0n) is 24.8. The number of H-pyrrole nitrogens is 1. The van der Waals surface area contributed by atoms with E-state index in [1.807, 2.05) is 43.4 Å². The Labute approximate surface area is 249 Å². The summed E-state index contributed by atoms with van der Waals surface area (Å²) < 4.78 is 17.9. The highest BCUT2D eigenvalue weighted by Crippen LogP contribution is 2.12. The first-order valence-corrected chi connectivity index (χ1v) is 14.0. The van der Waals surface area contributed by atoms with Crippen LogP contribution in [-0.4, -0.2) is 67.4 Å². The summed E-state index contributed by atoms with van der Waals surface area (Å²) in [6, 6.07) is 7.05. The van der Waals surface area contributed by atoms with Gasteiger partial charge in [0, 0.05) is 39.9 Å². The van der Waals surface area contributed by atoms with Gasteiger partial charge in [0.2, 0.25) is 0 Å². The lowest BCUT2D eigenvalue weighted by Gasteiger charge is -2.19. The highest BCUT2D eigenvalue weighted by Gasteiger charge is 2.16. The van der Waals surface area contributed by atoms with Gasteiger partial charge in [-0.15, -0.1) is 0 Å². The van der Waals surface area contributed by atoms with E-state index < -0.39 is 23.4 Å². The molecule has 0 saturated heterocycles. The number of aromatic nitrogens is 4. The van der Waals surface area contributed by atoms with Gasteiger partial charge in [-0.2, -0.15) is 0 Å². The fourth-order valence-corrected chi connectivity index (χ4v) is 3.00. The number of carbonyl (C=O) groups is 2. The summed E-state index contributed by atoms with van der Waals surface area (Å²) in [7, 11) is 0. The second kappa shape index (κ2) is 16.5. The Morgan fingerprint density at radius 2 is 1.55 bits per heavy atom. The van der Waals surface area contributed by atoms with Crippen molar-refractivity contribution in [2.45, 2.75) is 59.3 Å². The van der Waals surface area contributed by atoms with Gasteiger partial charge < -0.3 is 36.1 Å². The molecule has 40 heavy (non-hydrogen) atoms. The van der Waals surface area contributed by atoms with Crippen molar-refractivity contribution in [2.24, 2.45) is 0 Å². The Kier molecular flexibility index (Phi) is 13.5. The first-order valence-electron chi connectivity index (χ1n) is 13.1. The number of aromatic amines is 1. The number of nitrogen functional groups attached to an aromatic ring is 1. The van der Waals surface area contributed by atoms with Crippen LogP contribution in [0.2, 0.25) is 0 Å². The number of alkyl carbamates (subject to hydrolysis) is 2. The summed E-state index contributed by atoms with van der Waals surface area (Å²) in [5.41, 5.74) is 6.27. The number of hydrogen-bond acceptors (Lipinski definition) is 9. The molecule has 13 nitrogen and oxygen atoms in total. The van der Waals surface area contributed by atoms with E-state index in [4.69, 9.17) is 16.6 Å². The summed E-state index contributed by atoms with van der Waals surface area (Å²) in [6.45, 7) is 12.4. The number of fused-ring (bicyclic) bond motifs is 1. The predicted octanol–water partition coefficient (Wildman–Crippen LogP) is 3.90. The molecule has 3 heterocycles. The van der Waals surface area contributed by atoms with E-state index in [9.17, 15) is 14.4 Å². The normalized spacial score (nSPS) is 11.1. The molecule has 0 spiro atoms. The van der Waals surface area contributed by atoms with Gasteiger partial charge in [-0.3, -0.25) is 4.57 Å². The van der Waals surface area contributed by atoms with Crippen molar-refractivity contribution in [3.63, 3.8) is 0 Å². The number of nitrogens with one attached hydrogen (secondary N) is 4. The number of rotatable bonds is 7. The fraction of sp³-hybridized carbons (Fsp3) is 0.500. The van der Waals surface area contributed by atoms with Crippen molar-refractivity contribution in [2.75, 3.05) is 35.6 Å². The number of halogens is 1. The SMILES string of the molecule is CC(C)(C)OC(=O)NCCNc1ncccc1N.CC(C)(C)OC(=O)NCCn1c(=O)[nH]c2cccnc21.[2H]CI. The summed E-state index contributed by atoms with van der Waals surface area (Å²) >= 11 is 1.96. The van der Waals surface area contributed by atoms with Gasteiger partial charge in [0.25, 0.3) is 0 Å². The number of nitrogens with two attached hydrogens (primary N) is 1. The maximum absolute atomic E-state index is 11.8. The third-order valence-electron chi connectivity index (χ3n) is 4.46. The van der Waals surface area contributed by atoms with Crippen molar-refractivity contribution in [3.8, 4) is 0 Å². The number of nitrogens with zero attached hydrogens (tertiary/aromatic N) is 3. The van der Waals surface area contributed by atoms with Gasteiger partial charge in [0.15, 0.2) is 5.65 Å². The maximum Gasteiger partial charge on any atom is 0.407 e. The van der Waals surface area contributed by atoms with Gasteiger partial charge in [-0.25, -0.2) is 24.4 Å². The van der Waals surface area contributed by atoms with Crippen molar-refractivity contribution >= 4 is 57.4 Å². The topological polar surface area (TPSA) is 178 Å². The number of carbonyl (C=O) groups excluding carboxylic acids is 2. The van der Waals surface area contributed by atoms with Crippen molar-refractivity contribution in [1.29, 1.82) is 0 Å². The fourth-order valence-electron chi connectivity index (χ4n) is 3.00. The summed E-state index contributed by atoms with van der Waals surface area (Å²) in [6.07, 6.45) is 2.34. The minimum absolute atomic E-state index is 0.246. The van der Waals surface area contributed by atoms with E-state index in [2.05, 4.69) is 30.9 Å². The minimum atomic E-state index is -0.538. The van der Waals surface area contributed by atoms with Crippen LogP contribution in [0.25, 0.3) is 11.2 Å². The van der Waals surface area contributed by atoms with Crippen LogP contribution in [0.3, 0.4) is 0 Å². The Hall–Kier alpha value is -3.56. The van der Waals surface area contributed by atoms with Crippen LogP contribution in [0.15, 0.2) is 41.5 Å². The first kappa shape index (κ1) is 32.7. The zero-order valence-corrected chi connectivity index (χ0v) is 26.0. The quantitative estimate of drug-likeness (QED) is 0.141. The van der Waals surface area contributed by atoms with Gasteiger partial charge >= 0.3 is 17.9 Å². The Bertz CT molecular complexity index is 1290. The lowest BCUT2D eigenvalue weighted by Crippen LogP contribution is -2.35. The van der Waals surface area contributed by atoms with Gasteiger partial charge in [-0.1, -0.05) is 22.6 Å². The van der Waals surface area contributed by atoms with Gasteiger partial charge in [-0.05, 0) is 70.7 Å². The van der Waals surface area contributed by atoms with Crippen LogP contribution < -0.4 is 27.4 Å². The Morgan fingerprint density at radius 1 is 1.00 bits per heavy atom. The summed E-state index contributed by atoms with van der Waals surface area (Å²) in [4.78, 5) is 46.0. The van der Waals surface area contributed by atoms with Crippen LogP contribution in [0.1, 0.15) is 42.9 Å². The van der Waals surface area contributed by atoms with E-state index in [1.165, 1.54) is 4.57 Å². The zero-order chi connectivity index (χ0) is 31.1. The number of ether oxygens (including phenoxy) is 2. The van der Waals surface area contributed by atoms with Crippen molar-refractivity contribution < 1.29 is 20.4 Å². The summed E-state index contributed by atoms with van der Waals surface area (Å²) in [5, 5.41) is 8.27. The molecule has 0 atom stereocenters. The average molecular weight is 674 g/mol. The van der Waals surface area contributed by atoms with E-state index >= 15 is 0 Å². The molecule has 0 radical (unpaired) electrons. The molecule has 14 heteroatoms. The number of imidazole rings is 1. The molecule has 0 aliphatic rings. The molecule has 0 aromatic carbocycles. The lowest BCUT2D eigenvalue weighted by atomic mass is 10.2. The highest BCUT2D eigenvalue weighted by molar-refractivity contribution is 14.1. The Balaban J connectivity index is 0.000000376. The van der Waals surface area contributed by atoms with Crippen LogP contribution in [-0.2, 0) is 16.0 Å². The third-order valence-corrected chi connectivity index (χ3v) is 4.46. The average Bonchev–Trinajstić information content (AvgIpc) is 3.16. The number of anilines is 2. The van der Waals surface area contributed by atoms with Crippen LogP contribution in [0.4, 0.5) is 21.1 Å². The van der Waals surface area contributed by atoms with Crippen LogP contribution in [0, 0.1) is 0 Å². The lowest BCUT2D eigenvalue weighted by molar-refractivity contribution is 0.0516. The van der Waals surface area contributed by atoms with E-state index in [-0.39, 0.29) is 5.69 Å². The molecule has 0 saturated carbocycles. The van der Waals surface area contributed by atoms with E-state index in [0.29, 0.717) is 53.8 Å². The molecule has 3 rings (SSSR count). The number of amides is 2. The monoisotopic (exact) mass is 673 g/mol. The van der Waals surface area contributed by atoms with Gasteiger partial charge in [0.1, 0.15) is 17.0 Å². The molecule has 2 amide bonds. The highest BCUT2D eigenvalue weighted by atomic mass is 127. The molecule has 6 N–H and O–H groups in total. The number of alkyl halides is 1. The predicted molar refractivity (Wildman–Crippen MR) is 166 cm³/mol. The molecule has 0 aliphatic carbocycles. The first-order chi connectivity index (χ1) is 19.2. The molecule has 0 aliphatic heterocycles. The van der Waals surface area contributed by atoms with Gasteiger partial charge in [0.05, 0.1) is 11.2 Å². The van der Waals surface area contributed by atoms with Crippen LogP contribution in [0.5, 0.6) is 0 Å². The Morgan fingerprint density at radius 3 is 2.12 bits per heavy atom. The largest absolute Gasteiger partial charge is 0.444 e. The molecular weight excluding hydrogens is 631 g/mol. The molecular formula is C26H41IN8O5. The van der Waals surface area contributed by atoms with Crippen molar-refractivity contribution in [3.05, 3.63) is 47.1 Å². The second-order valence-corrected chi connectivity index (χ2v) is 10.2. The summed E-state index contributed by atoms with van der Waals surface area (Å²) in [5.74, 6) is 0.614. The second-order valence-electron chi connectivity index (χ2n) is 10.2. The smallest absolute Gasteiger partial charge is 0.407 e. The third kappa shape index (κ3) is 13.5. The van der Waals surface area contributed by atoms with E-state index in [1.54, 1.807) is 57.4 Å². The molecule has 3 aromatic rings. The maximum atomic E-state index is 11.8. The number of hydrogen-bond donors (Lipinski definition) is 5. The standard InChI is InChI=1S/C13H18N4O3.C12H20N4O2.CH3I/c1-13(2,3)20-12(19)15-7-8-17-10-9(16-11(17)18)5-4-6-14-10;1-12(2,3)18-11(17)16-8-7-15-10-9(13)5-4-6-14-10;1-2/h4-6H,7-8H2,1-3H3,(H,15,19)(H,16,18);4-6H,7-8,13H2,1-3H3,(H,14,15)(H,16,17);1H3/i;;1D. The van der Waals surface area contributed by atoms with E-state index in [0.717, 1.165) is 0 Å². The molecule has 0 bridgehead atoms. The van der Waals surface area contributed by atoms with Crippen molar-refractivity contribution in [1.82, 2.24) is 30.2 Å². The molecule has 0 unspecified atom stereocenters. The number of pyridine rings is 2. The molecule has 3 aromatic heterocycles.